The number of rotatable bonds is 0. The minimum absolute atomic E-state index is 0.0802. The fourth-order valence-electron chi connectivity index (χ4n) is 0.373. The zero-order valence-electron chi connectivity index (χ0n) is 4.21. The molecule has 0 saturated heterocycles. The normalized spacial score (nSPS) is 26.2. The van der Waals surface area contributed by atoms with Gasteiger partial charge in [0.25, 0.3) is 0 Å². The highest BCUT2D eigenvalue weighted by Gasteiger charge is 2.13. The third-order valence-corrected chi connectivity index (χ3v) is 1.50. The summed E-state index contributed by atoms with van der Waals surface area (Å²) in [5.74, 6) is 0. The summed E-state index contributed by atoms with van der Waals surface area (Å²) in [5.41, 5.74) is 0. The molecular weight excluding hydrogens is 163 g/mol. The molecule has 2 amide bonds. The van der Waals surface area contributed by atoms with Crippen LogP contribution < -0.4 is 0 Å². The molecule has 48 valence electrons. The molecule has 1 rings (SSSR count). The maximum Gasteiger partial charge on any atom is 0.367 e. The summed E-state index contributed by atoms with van der Waals surface area (Å²) >= 11 is 10.8. The lowest BCUT2D eigenvalue weighted by Gasteiger charge is -2.01. The maximum absolute atomic E-state index is 10.3. The van der Waals surface area contributed by atoms with Gasteiger partial charge >= 0.3 is 6.03 Å². The van der Waals surface area contributed by atoms with E-state index < -0.39 is 11.4 Å². The number of amides is 2. The van der Waals surface area contributed by atoms with Gasteiger partial charge in [0.2, 0.25) is 0 Å². The Bertz CT molecular complexity index is 199. The van der Waals surface area contributed by atoms with Crippen LogP contribution >= 0.6 is 23.2 Å². The van der Waals surface area contributed by atoms with Gasteiger partial charge in [-0.3, -0.25) is 0 Å². The van der Waals surface area contributed by atoms with Crippen molar-refractivity contribution in [3.63, 3.8) is 0 Å². The first-order chi connectivity index (χ1) is 4.20. The van der Waals surface area contributed by atoms with Crippen LogP contribution in [-0.4, -0.2) is 22.8 Å². The third-order valence-electron chi connectivity index (χ3n) is 0.746. The minimum atomic E-state index is -0.600. The Morgan fingerprint density at radius 2 is 2.33 bits per heavy atom. The van der Waals surface area contributed by atoms with Crippen LogP contribution in [0.25, 0.3) is 0 Å². The predicted octanol–water partition coefficient (Wildman–Crippen LogP) is 1.44. The van der Waals surface area contributed by atoms with Gasteiger partial charge in [-0.2, -0.15) is 4.99 Å². The summed E-state index contributed by atoms with van der Waals surface area (Å²) in [7, 11) is 0. The highest BCUT2D eigenvalue weighted by molar-refractivity contribution is 6.74. The standard InChI is InChI=1S/C4H2Cl2N2O/c5-2-1-7-4(9)8-3(2)6/h1-2H. The lowest BCUT2D eigenvalue weighted by atomic mass is 10.4. The number of hydrogen-bond donors (Lipinski definition) is 0. The lowest BCUT2D eigenvalue weighted by Crippen LogP contribution is -2.16. The Hall–Kier alpha value is -0.410. The van der Waals surface area contributed by atoms with Crippen molar-refractivity contribution in [2.24, 2.45) is 9.98 Å². The van der Waals surface area contributed by atoms with Crippen LogP contribution in [0.4, 0.5) is 4.79 Å². The van der Waals surface area contributed by atoms with Crippen LogP contribution in [0.15, 0.2) is 9.98 Å². The van der Waals surface area contributed by atoms with E-state index in [1.165, 1.54) is 6.21 Å². The smallest absolute Gasteiger partial charge is 0.244 e. The zero-order chi connectivity index (χ0) is 6.85. The van der Waals surface area contributed by atoms with E-state index in [0.29, 0.717) is 0 Å². The fourth-order valence-corrected chi connectivity index (χ4v) is 0.606. The second-order valence-corrected chi connectivity index (χ2v) is 2.25. The first-order valence-electron chi connectivity index (χ1n) is 2.16. The quantitative estimate of drug-likeness (QED) is 0.500. The molecule has 3 nitrogen and oxygen atoms in total. The van der Waals surface area contributed by atoms with Crippen molar-refractivity contribution in [2.45, 2.75) is 5.38 Å². The maximum atomic E-state index is 10.3. The Labute approximate surface area is 61.4 Å². The molecule has 0 spiro atoms. The largest absolute Gasteiger partial charge is 0.367 e. The number of hydrogen-bond acceptors (Lipinski definition) is 1. The van der Waals surface area contributed by atoms with Gasteiger partial charge < -0.3 is 0 Å². The molecule has 9 heavy (non-hydrogen) atoms. The van der Waals surface area contributed by atoms with E-state index in [4.69, 9.17) is 23.2 Å². The molecule has 1 atom stereocenters. The van der Waals surface area contributed by atoms with Crippen molar-refractivity contribution in [3.8, 4) is 0 Å². The van der Waals surface area contributed by atoms with Gasteiger partial charge in [-0.25, -0.2) is 9.79 Å². The van der Waals surface area contributed by atoms with Crippen LogP contribution in [0.5, 0.6) is 0 Å². The monoisotopic (exact) mass is 164 g/mol. The first-order valence-corrected chi connectivity index (χ1v) is 2.98. The molecule has 0 aliphatic carbocycles. The SMILES string of the molecule is O=C1N=CC(Cl)C(Cl)=N1. The molecule has 0 aromatic heterocycles. The average Bonchev–Trinajstić information content (AvgIpc) is 1.80. The Morgan fingerprint density at radius 3 is 2.78 bits per heavy atom. The van der Waals surface area contributed by atoms with Crippen molar-refractivity contribution >= 4 is 40.6 Å². The number of halogens is 2. The molecule has 0 saturated carbocycles. The number of carbonyl (C=O) groups excluding carboxylic acids is 1. The second kappa shape index (κ2) is 2.45. The van der Waals surface area contributed by atoms with Crippen LogP contribution in [0, 0.1) is 0 Å². The molecule has 0 fully saturated rings. The van der Waals surface area contributed by atoms with Crippen molar-refractivity contribution in [1.82, 2.24) is 0 Å². The predicted molar refractivity (Wildman–Crippen MR) is 36.8 cm³/mol. The van der Waals surface area contributed by atoms with E-state index in [1.807, 2.05) is 0 Å². The summed E-state index contributed by atoms with van der Waals surface area (Å²) in [6.45, 7) is 0. The summed E-state index contributed by atoms with van der Waals surface area (Å²) < 4.78 is 0. The molecule has 0 bridgehead atoms. The van der Waals surface area contributed by atoms with Crippen LogP contribution in [0.3, 0.4) is 0 Å². The van der Waals surface area contributed by atoms with Crippen LogP contribution in [0.2, 0.25) is 0 Å². The van der Waals surface area contributed by atoms with E-state index in [0.717, 1.165) is 0 Å². The molecule has 0 radical (unpaired) electrons. The number of aliphatic imine (C=N–C) groups is 2. The minimum Gasteiger partial charge on any atom is -0.244 e. The van der Waals surface area contributed by atoms with Crippen molar-refractivity contribution in [3.05, 3.63) is 0 Å². The van der Waals surface area contributed by atoms with Gasteiger partial charge in [0.05, 0.1) is 0 Å². The lowest BCUT2D eigenvalue weighted by molar-refractivity contribution is 0.257. The molecule has 5 heteroatoms. The molecular formula is C4H2Cl2N2O. The molecule has 0 aromatic carbocycles. The van der Waals surface area contributed by atoms with E-state index in [-0.39, 0.29) is 5.17 Å². The molecule has 1 unspecified atom stereocenters. The van der Waals surface area contributed by atoms with E-state index in [1.54, 1.807) is 0 Å². The van der Waals surface area contributed by atoms with Crippen LogP contribution in [-0.2, 0) is 0 Å². The van der Waals surface area contributed by atoms with Crippen molar-refractivity contribution in [2.75, 3.05) is 0 Å². The number of alkyl halides is 1. The molecule has 0 N–H and O–H groups in total. The van der Waals surface area contributed by atoms with Crippen molar-refractivity contribution in [1.29, 1.82) is 0 Å². The fraction of sp³-hybridized carbons (Fsp3) is 0.250. The molecule has 1 aliphatic rings. The Balaban J connectivity index is 2.82. The number of urea groups is 1. The summed E-state index contributed by atoms with van der Waals surface area (Å²) in [6, 6.07) is -0.600. The van der Waals surface area contributed by atoms with E-state index >= 15 is 0 Å². The van der Waals surface area contributed by atoms with Crippen LogP contribution in [0.1, 0.15) is 0 Å². The Morgan fingerprint density at radius 1 is 1.67 bits per heavy atom. The van der Waals surface area contributed by atoms with Gasteiger partial charge in [-0.05, 0) is 0 Å². The van der Waals surface area contributed by atoms with Gasteiger partial charge in [-0.15, -0.1) is 11.6 Å². The van der Waals surface area contributed by atoms with E-state index in [9.17, 15) is 4.79 Å². The summed E-state index contributed by atoms with van der Waals surface area (Å²) in [6.07, 6.45) is 1.25. The third kappa shape index (κ3) is 1.50. The Kier molecular flexibility index (Phi) is 1.83. The average molecular weight is 165 g/mol. The molecule has 1 aliphatic heterocycles. The first kappa shape index (κ1) is 6.71. The topological polar surface area (TPSA) is 41.8 Å². The zero-order valence-corrected chi connectivity index (χ0v) is 5.73. The van der Waals surface area contributed by atoms with E-state index in [2.05, 4.69) is 9.98 Å². The second-order valence-electron chi connectivity index (χ2n) is 1.40. The van der Waals surface area contributed by atoms with Gasteiger partial charge in [0.1, 0.15) is 10.5 Å². The number of carbonyl (C=O) groups is 1. The summed E-state index contributed by atoms with van der Waals surface area (Å²) in [5, 5.41) is -0.457. The molecule has 0 aromatic rings. The van der Waals surface area contributed by atoms with Crippen molar-refractivity contribution < 1.29 is 4.79 Å². The summed E-state index contributed by atoms with van der Waals surface area (Å²) in [4.78, 5) is 16.9. The van der Waals surface area contributed by atoms with Gasteiger partial charge in [0, 0.05) is 6.21 Å². The van der Waals surface area contributed by atoms with Gasteiger partial charge in [0.15, 0.2) is 0 Å². The highest BCUT2D eigenvalue weighted by atomic mass is 35.5. The van der Waals surface area contributed by atoms with Gasteiger partial charge in [-0.1, -0.05) is 11.6 Å². The number of nitrogens with zero attached hydrogens (tertiary/aromatic N) is 2. The molecule has 1 heterocycles. The highest BCUT2D eigenvalue weighted by Crippen LogP contribution is 2.06.